The number of nitrogens with two attached hydrogens (primary N) is 1. The first-order chi connectivity index (χ1) is 13.2. The maximum absolute atomic E-state index is 5.62. The third kappa shape index (κ3) is 4.06. The zero-order valence-electron chi connectivity index (χ0n) is 15.5. The van der Waals surface area contributed by atoms with Crippen LogP contribution < -0.4 is 20.9 Å². The number of hydrogen-bond acceptors (Lipinski definition) is 10. The number of rotatable bonds is 4. The van der Waals surface area contributed by atoms with Gasteiger partial charge in [-0.05, 0) is 25.9 Å². The molecule has 0 atom stereocenters. The Morgan fingerprint density at radius 1 is 1.11 bits per heavy atom. The molecule has 2 fully saturated rings. The number of hydrogen-bond donors (Lipinski definition) is 2. The van der Waals surface area contributed by atoms with E-state index in [9.17, 15) is 0 Å². The molecular weight excluding hydrogens is 346 g/mol. The molecule has 2 aliphatic rings. The fraction of sp³-hybridized carbons (Fsp3) is 0.588. The van der Waals surface area contributed by atoms with Crippen LogP contribution in [0.5, 0.6) is 0 Å². The van der Waals surface area contributed by atoms with Gasteiger partial charge in [-0.1, -0.05) is 0 Å². The van der Waals surface area contributed by atoms with E-state index in [1.807, 2.05) is 0 Å². The highest BCUT2D eigenvalue weighted by Crippen LogP contribution is 2.23. The van der Waals surface area contributed by atoms with Gasteiger partial charge in [0.25, 0.3) is 0 Å². The largest absolute Gasteiger partial charge is 0.378 e. The zero-order chi connectivity index (χ0) is 18.6. The Hall–Kier alpha value is -2.59. The van der Waals surface area contributed by atoms with Gasteiger partial charge >= 0.3 is 0 Å². The molecule has 2 saturated heterocycles. The predicted octanol–water partition coefficient (Wildman–Crippen LogP) is -0.0644. The number of anilines is 3. The van der Waals surface area contributed by atoms with Gasteiger partial charge in [-0.3, -0.25) is 0 Å². The summed E-state index contributed by atoms with van der Waals surface area (Å²) in [7, 11) is 2.05. The van der Waals surface area contributed by atoms with Crippen LogP contribution in [0.25, 0.3) is 11.4 Å². The van der Waals surface area contributed by atoms with E-state index in [4.69, 9.17) is 20.4 Å². The molecule has 0 unspecified atom stereocenters. The van der Waals surface area contributed by atoms with Crippen molar-refractivity contribution in [2.75, 3.05) is 62.0 Å². The van der Waals surface area contributed by atoms with E-state index in [2.05, 4.69) is 37.1 Å². The minimum absolute atomic E-state index is 0.230. The SMILES string of the molecule is CN(c1nc(-c2cnc(N)nc2)nc(N2CCOCC2)n1)C1CCNCC1. The van der Waals surface area contributed by atoms with Crippen molar-refractivity contribution >= 4 is 17.8 Å². The summed E-state index contributed by atoms with van der Waals surface area (Å²) >= 11 is 0. The highest BCUT2D eigenvalue weighted by Gasteiger charge is 2.23. The number of morpholine rings is 1. The lowest BCUT2D eigenvalue weighted by atomic mass is 10.1. The summed E-state index contributed by atoms with van der Waals surface area (Å²) < 4.78 is 5.46. The van der Waals surface area contributed by atoms with Gasteiger partial charge in [0.15, 0.2) is 5.82 Å². The van der Waals surface area contributed by atoms with Crippen molar-refractivity contribution in [1.29, 1.82) is 0 Å². The van der Waals surface area contributed by atoms with Crippen molar-refractivity contribution < 1.29 is 4.74 Å². The second-order valence-electron chi connectivity index (χ2n) is 6.78. The standard InChI is InChI=1S/C17H25N9O/c1-25(13-2-4-19-5-3-13)16-22-14(12-10-20-15(18)21-11-12)23-17(24-16)26-6-8-27-9-7-26/h10-11,13,19H,2-9H2,1H3,(H2,18,20,21). The molecule has 10 nitrogen and oxygen atoms in total. The molecule has 0 amide bonds. The molecule has 0 spiro atoms. The van der Waals surface area contributed by atoms with E-state index in [1.54, 1.807) is 12.4 Å². The van der Waals surface area contributed by atoms with Gasteiger partial charge in [0, 0.05) is 38.6 Å². The van der Waals surface area contributed by atoms with E-state index in [0.29, 0.717) is 37.0 Å². The van der Waals surface area contributed by atoms with Gasteiger partial charge in [-0.25, -0.2) is 9.97 Å². The Labute approximate surface area is 158 Å². The lowest BCUT2D eigenvalue weighted by molar-refractivity contribution is 0.122. The van der Waals surface area contributed by atoms with E-state index in [1.165, 1.54) is 0 Å². The normalized spacial score (nSPS) is 18.5. The van der Waals surface area contributed by atoms with Crippen LogP contribution in [0.1, 0.15) is 12.8 Å². The summed E-state index contributed by atoms with van der Waals surface area (Å²) in [6.45, 7) is 4.89. The summed E-state index contributed by atoms with van der Waals surface area (Å²) in [5.41, 5.74) is 6.34. The molecule has 4 rings (SSSR count). The predicted molar refractivity (Wildman–Crippen MR) is 103 cm³/mol. The van der Waals surface area contributed by atoms with Crippen LogP contribution >= 0.6 is 0 Å². The van der Waals surface area contributed by atoms with Gasteiger partial charge in [0.1, 0.15) is 0 Å². The van der Waals surface area contributed by atoms with Crippen molar-refractivity contribution in [2.45, 2.75) is 18.9 Å². The van der Waals surface area contributed by atoms with Gasteiger partial charge in [0.2, 0.25) is 17.8 Å². The summed E-state index contributed by atoms with van der Waals surface area (Å²) in [5.74, 6) is 2.12. The lowest BCUT2D eigenvalue weighted by Gasteiger charge is -2.33. The third-order valence-electron chi connectivity index (χ3n) is 5.01. The van der Waals surface area contributed by atoms with E-state index in [-0.39, 0.29) is 5.95 Å². The van der Waals surface area contributed by atoms with Gasteiger partial charge in [-0.2, -0.15) is 15.0 Å². The van der Waals surface area contributed by atoms with Crippen LogP contribution in [0.4, 0.5) is 17.8 Å². The quantitative estimate of drug-likeness (QED) is 0.756. The number of piperidine rings is 1. The fourth-order valence-corrected chi connectivity index (χ4v) is 3.36. The van der Waals surface area contributed by atoms with E-state index in [0.717, 1.165) is 44.6 Å². The van der Waals surface area contributed by atoms with Crippen molar-refractivity contribution in [2.24, 2.45) is 0 Å². The van der Waals surface area contributed by atoms with Gasteiger partial charge in [-0.15, -0.1) is 0 Å². The van der Waals surface area contributed by atoms with Gasteiger partial charge in [0.05, 0.1) is 18.8 Å². The van der Waals surface area contributed by atoms with Crippen molar-refractivity contribution in [3.63, 3.8) is 0 Å². The van der Waals surface area contributed by atoms with E-state index < -0.39 is 0 Å². The smallest absolute Gasteiger partial charge is 0.230 e. The topological polar surface area (TPSA) is 118 Å². The van der Waals surface area contributed by atoms with Crippen LogP contribution in [0, 0.1) is 0 Å². The summed E-state index contributed by atoms with van der Waals surface area (Å²) in [6, 6.07) is 0.404. The number of nitrogen functional groups attached to an aromatic ring is 1. The Morgan fingerprint density at radius 3 is 2.52 bits per heavy atom. The molecule has 144 valence electrons. The third-order valence-corrected chi connectivity index (χ3v) is 5.01. The average Bonchev–Trinajstić information content (AvgIpc) is 2.74. The van der Waals surface area contributed by atoms with Crippen LogP contribution in [-0.2, 0) is 4.74 Å². The zero-order valence-corrected chi connectivity index (χ0v) is 15.5. The number of ether oxygens (including phenoxy) is 1. The van der Waals surface area contributed by atoms with Crippen molar-refractivity contribution in [3.05, 3.63) is 12.4 Å². The van der Waals surface area contributed by atoms with Gasteiger partial charge < -0.3 is 25.6 Å². The minimum atomic E-state index is 0.230. The molecule has 0 radical (unpaired) electrons. The Bertz CT molecular complexity index is 757. The van der Waals surface area contributed by atoms with Crippen LogP contribution in [0.15, 0.2) is 12.4 Å². The first-order valence-electron chi connectivity index (χ1n) is 9.31. The monoisotopic (exact) mass is 371 g/mol. The number of nitrogens with one attached hydrogen (secondary N) is 1. The van der Waals surface area contributed by atoms with Crippen molar-refractivity contribution in [3.8, 4) is 11.4 Å². The number of aromatic nitrogens is 5. The molecular formula is C17H25N9O. The van der Waals surface area contributed by atoms with Crippen molar-refractivity contribution in [1.82, 2.24) is 30.2 Å². The molecule has 10 heteroatoms. The van der Waals surface area contributed by atoms with Crippen LogP contribution in [0.2, 0.25) is 0 Å². The molecule has 0 saturated carbocycles. The highest BCUT2D eigenvalue weighted by molar-refractivity contribution is 5.57. The highest BCUT2D eigenvalue weighted by atomic mass is 16.5. The second kappa shape index (κ2) is 7.97. The number of nitrogens with zero attached hydrogens (tertiary/aromatic N) is 7. The maximum atomic E-state index is 5.62. The molecule has 0 aromatic carbocycles. The molecule has 4 heterocycles. The lowest BCUT2D eigenvalue weighted by Crippen LogP contribution is -2.42. The summed E-state index contributed by atoms with van der Waals surface area (Å²) in [6.07, 6.45) is 5.43. The van der Waals surface area contributed by atoms with Crippen LogP contribution in [0.3, 0.4) is 0 Å². The van der Waals surface area contributed by atoms with E-state index >= 15 is 0 Å². The summed E-state index contributed by atoms with van der Waals surface area (Å²) in [5, 5.41) is 3.40. The molecule has 27 heavy (non-hydrogen) atoms. The molecule has 0 aliphatic carbocycles. The maximum Gasteiger partial charge on any atom is 0.230 e. The first-order valence-corrected chi connectivity index (χ1v) is 9.31. The summed E-state index contributed by atoms with van der Waals surface area (Å²) in [4.78, 5) is 26.6. The molecule has 2 aliphatic heterocycles. The molecule has 2 aromatic heterocycles. The molecule has 0 bridgehead atoms. The Kier molecular flexibility index (Phi) is 5.26. The second-order valence-corrected chi connectivity index (χ2v) is 6.78. The minimum Gasteiger partial charge on any atom is -0.378 e. The fourth-order valence-electron chi connectivity index (χ4n) is 3.36. The Morgan fingerprint density at radius 2 is 1.81 bits per heavy atom. The molecule has 2 aromatic rings. The first kappa shape index (κ1) is 17.8. The Balaban J connectivity index is 1.70. The average molecular weight is 371 g/mol. The van der Waals surface area contributed by atoms with Crippen LogP contribution in [-0.4, -0.2) is 77.4 Å². The molecule has 3 N–H and O–H groups in total.